The molecule has 2 amide bonds. The molecule has 0 aromatic carbocycles. The Labute approximate surface area is 122 Å². The minimum absolute atomic E-state index is 0.195. The summed E-state index contributed by atoms with van der Waals surface area (Å²) in [6, 6.07) is 3.79. The molecular formula is C14H18N4OS. The van der Waals surface area contributed by atoms with E-state index < -0.39 is 0 Å². The number of urea groups is 1. The van der Waals surface area contributed by atoms with Gasteiger partial charge in [-0.1, -0.05) is 6.42 Å². The summed E-state index contributed by atoms with van der Waals surface area (Å²) in [6.07, 6.45) is 3.70. The summed E-state index contributed by atoms with van der Waals surface area (Å²) in [7, 11) is 1.86. The highest BCUT2D eigenvalue weighted by atomic mass is 32.1. The van der Waals surface area contributed by atoms with Crippen LogP contribution in [0.3, 0.4) is 0 Å². The number of anilines is 1. The molecule has 5 nitrogen and oxygen atoms in total. The monoisotopic (exact) mass is 290 g/mol. The highest BCUT2D eigenvalue weighted by Gasteiger charge is 2.23. The van der Waals surface area contributed by atoms with E-state index in [0.29, 0.717) is 12.5 Å². The fourth-order valence-electron chi connectivity index (χ4n) is 2.25. The molecule has 0 atom stereocenters. The molecule has 0 unspecified atom stereocenters. The molecule has 1 saturated carbocycles. The lowest BCUT2D eigenvalue weighted by Gasteiger charge is -2.22. The van der Waals surface area contributed by atoms with Gasteiger partial charge in [-0.15, -0.1) is 0 Å². The van der Waals surface area contributed by atoms with Gasteiger partial charge in [0.25, 0.3) is 0 Å². The maximum absolute atomic E-state index is 11.9. The maximum atomic E-state index is 11.9. The molecule has 20 heavy (non-hydrogen) atoms. The number of aryl methyl sites for hydroxylation is 1. The Morgan fingerprint density at radius 3 is 3.05 bits per heavy atom. The van der Waals surface area contributed by atoms with E-state index in [0.717, 1.165) is 17.1 Å². The van der Waals surface area contributed by atoms with Gasteiger partial charge >= 0.3 is 6.03 Å². The third-order valence-corrected chi connectivity index (χ3v) is 4.43. The second-order valence-corrected chi connectivity index (χ2v) is 5.93. The SMILES string of the molecule is Cn1nc(C2CCC2)cc1NC(=O)NCc1ccsc1. The maximum Gasteiger partial charge on any atom is 0.320 e. The van der Waals surface area contributed by atoms with Crippen molar-refractivity contribution in [2.75, 3.05) is 5.32 Å². The van der Waals surface area contributed by atoms with E-state index in [-0.39, 0.29) is 6.03 Å². The molecule has 0 aliphatic heterocycles. The number of carbonyl (C=O) groups is 1. The molecule has 2 aromatic heterocycles. The summed E-state index contributed by atoms with van der Waals surface area (Å²) in [5.41, 5.74) is 2.21. The van der Waals surface area contributed by atoms with Crippen molar-refractivity contribution in [3.63, 3.8) is 0 Å². The number of carbonyl (C=O) groups excluding carboxylic acids is 1. The van der Waals surface area contributed by atoms with Crippen molar-refractivity contribution in [2.24, 2.45) is 7.05 Å². The smallest absolute Gasteiger partial charge is 0.320 e. The lowest BCUT2D eigenvalue weighted by molar-refractivity contribution is 0.251. The molecule has 6 heteroatoms. The van der Waals surface area contributed by atoms with Crippen LogP contribution in [0.4, 0.5) is 10.6 Å². The summed E-state index contributed by atoms with van der Waals surface area (Å²) < 4.78 is 1.73. The average Bonchev–Trinajstić information content (AvgIpc) is 2.96. The fourth-order valence-corrected chi connectivity index (χ4v) is 2.91. The van der Waals surface area contributed by atoms with Crippen LogP contribution in [0.5, 0.6) is 0 Å². The summed E-state index contributed by atoms with van der Waals surface area (Å²) in [5.74, 6) is 1.32. The predicted octanol–water partition coefficient (Wildman–Crippen LogP) is 3.07. The summed E-state index contributed by atoms with van der Waals surface area (Å²) in [5, 5.41) is 14.2. The third kappa shape index (κ3) is 2.85. The van der Waals surface area contributed by atoms with Crippen molar-refractivity contribution >= 4 is 23.2 Å². The van der Waals surface area contributed by atoms with Crippen LogP contribution in [0.15, 0.2) is 22.9 Å². The first-order valence-corrected chi connectivity index (χ1v) is 7.76. The van der Waals surface area contributed by atoms with Crippen LogP contribution in [0.25, 0.3) is 0 Å². The molecule has 0 spiro atoms. The molecule has 1 aliphatic rings. The first-order valence-electron chi connectivity index (χ1n) is 6.82. The van der Waals surface area contributed by atoms with Gasteiger partial charge in [0.05, 0.1) is 5.69 Å². The van der Waals surface area contributed by atoms with Crippen molar-refractivity contribution < 1.29 is 4.79 Å². The minimum Gasteiger partial charge on any atom is -0.334 e. The molecule has 106 valence electrons. The number of amides is 2. The van der Waals surface area contributed by atoms with Gasteiger partial charge in [0.15, 0.2) is 0 Å². The van der Waals surface area contributed by atoms with E-state index in [1.54, 1.807) is 16.0 Å². The van der Waals surface area contributed by atoms with Crippen molar-refractivity contribution in [1.82, 2.24) is 15.1 Å². The van der Waals surface area contributed by atoms with Crippen LogP contribution in [0.1, 0.15) is 36.4 Å². The van der Waals surface area contributed by atoms with Crippen molar-refractivity contribution in [3.8, 4) is 0 Å². The van der Waals surface area contributed by atoms with Gasteiger partial charge in [0.1, 0.15) is 5.82 Å². The number of thiophene rings is 1. The molecule has 2 aromatic rings. The van der Waals surface area contributed by atoms with Crippen LogP contribution < -0.4 is 10.6 Å². The molecule has 3 rings (SSSR count). The molecular weight excluding hydrogens is 272 g/mol. The zero-order chi connectivity index (χ0) is 13.9. The summed E-state index contributed by atoms with van der Waals surface area (Å²) in [4.78, 5) is 11.9. The fraction of sp³-hybridized carbons (Fsp3) is 0.429. The standard InChI is InChI=1S/C14H18N4OS/c1-18-13(7-12(17-18)11-3-2-4-11)16-14(19)15-8-10-5-6-20-9-10/h5-7,9,11H,2-4,8H2,1H3,(H2,15,16,19). The van der Waals surface area contributed by atoms with Crippen LogP contribution in [0.2, 0.25) is 0 Å². The van der Waals surface area contributed by atoms with Gasteiger partial charge < -0.3 is 5.32 Å². The van der Waals surface area contributed by atoms with Crippen LogP contribution in [-0.4, -0.2) is 15.8 Å². The quantitative estimate of drug-likeness (QED) is 0.909. The first kappa shape index (κ1) is 13.2. The Hall–Kier alpha value is -1.82. The molecule has 0 radical (unpaired) electrons. The number of hydrogen-bond donors (Lipinski definition) is 2. The van der Waals surface area contributed by atoms with Crippen LogP contribution in [-0.2, 0) is 13.6 Å². The molecule has 1 aliphatic carbocycles. The molecule has 2 heterocycles. The van der Waals surface area contributed by atoms with Gasteiger partial charge in [0, 0.05) is 25.6 Å². The highest BCUT2D eigenvalue weighted by Crippen LogP contribution is 2.36. The number of rotatable bonds is 4. The van der Waals surface area contributed by atoms with E-state index in [2.05, 4.69) is 15.7 Å². The van der Waals surface area contributed by atoms with Gasteiger partial charge in [-0.2, -0.15) is 16.4 Å². The van der Waals surface area contributed by atoms with Crippen molar-refractivity contribution in [1.29, 1.82) is 0 Å². The van der Waals surface area contributed by atoms with Gasteiger partial charge in [-0.05, 0) is 35.2 Å². The van der Waals surface area contributed by atoms with Gasteiger partial charge in [-0.3, -0.25) is 10.00 Å². The van der Waals surface area contributed by atoms with E-state index in [4.69, 9.17) is 0 Å². The van der Waals surface area contributed by atoms with Gasteiger partial charge in [-0.25, -0.2) is 4.79 Å². The highest BCUT2D eigenvalue weighted by molar-refractivity contribution is 7.07. The topological polar surface area (TPSA) is 59.0 Å². The van der Waals surface area contributed by atoms with E-state index in [1.165, 1.54) is 19.3 Å². The first-order chi connectivity index (χ1) is 9.72. The van der Waals surface area contributed by atoms with Crippen LogP contribution >= 0.6 is 11.3 Å². The number of nitrogens with one attached hydrogen (secondary N) is 2. The molecule has 1 fully saturated rings. The van der Waals surface area contributed by atoms with Gasteiger partial charge in [0.2, 0.25) is 0 Å². The Morgan fingerprint density at radius 2 is 2.40 bits per heavy atom. The normalized spacial score (nSPS) is 14.8. The van der Waals surface area contributed by atoms with Crippen molar-refractivity contribution in [3.05, 3.63) is 34.2 Å². The average molecular weight is 290 g/mol. The number of hydrogen-bond acceptors (Lipinski definition) is 3. The van der Waals surface area contributed by atoms with E-state index >= 15 is 0 Å². The third-order valence-electron chi connectivity index (χ3n) is 3.70. The predicted molar refractivity (Wildman–Crippen MR) is 80.0 cm³/mol. The van der Waals surface area contributed by atoms with E-state index in [9.17, 15) is 4.79 Å². The zero-order valence-electron chi connectivity index (χ0n) is 11.4. The largest absolute Gasteiger partial charge is 0.334 e. The van der Waals surface area contributed by atoms with Crippen LogP contribution in [0, 0.1) is 0 Å². The minimum atomic E-state index is -0.195. The molecule has 0 bridgehead atoms. The Kier molecular flexibility index (Phi) is 3.73. The number of nitrogens with zero attached hydrogens (tertiary/aromatic N) is 2. The summed E-state index contributed by atoms with van der Waals surface area (Å²) >= 11 is 1.63. The van der Waals surface area contributed by atoms with E-state index in [1.807, 2.05) is 29.9 Å². The Morgan fingerprint density at radius 1 is 1.55 bits per heavy atom. The zero-order valence-corrected chi connectivity index (χ0v) is 12.2. The lowest BCUT2D eigenvalue weighted by atomic mass is 9.83. The number of aromatic nitrogens is 2. The van der Waals surface area contributed by atoms with Crippen molar-refractivity contribution in [2.45, 2.75) is 31.7 Å². The second kappa shape index (κ2) is 5.66. The Balaban J connectivity index is 1.56. The molecule has 0 saturated heterocycles. The lowest BCUT2D eigenvalue weighted by Crippen LogP contribution is -2.28. The molecule has 2 N–H and O–H groups in total. The second-order valence-electron chi connectivity index (χ2n) is 5.15. The summed E-state index contributed by atoms with van der Waals surface area (Å²) in [6.45, 7) is 0.544. The Bertz CT molecular complexity index is 586.